The summed E-state index contributed by atoms with van der Waals surface area (Å²) in [5.74, 6) is 1.08. The highest BCUT2D eigenvalue weighted by Gasteiger charge is 2.20. The van der Waals surface area contributed by atoms with Crippen LogP contribution in [0, 0.1) is 0 Å². The van der Waals surface area contributed by atoms with E-state index < -0.39 is 0 Å². The molecule has 0 bridgehead atoms. The third kappa shape index (κ3) is 2.97. The third-order valence-electron chi connectivity index (χ3n) is 3.78. The highest BCUT2D eigenvalue weighted by Crippen LogP contribution is 2.35. The molecule has 0 radical (unpaired) electrons. The van der Waals surface area contributed by atoms with E-state index in [1.807, 2.05) is 12.1 Å². The summed E-state index contributed by atoms with van der Waals surface area (Å²) in [6.45, 7) is 1.68. The van der Waals surface area contributed by atoms with Crippen LogP contribution in [-0.4, -0.2) is 29.1 Å². The van der Waals surface area contributed by atoms with E-state index in [0.29, 0.717) is 27.1 Å². The fraction of sp³-hybridized carbons (Fsp3) is 0.333. The Bertz CT molecular complexity index is 692. The molecule has 1 saturated heterocycles. The van der Waals surface area contributed by atoms with Crippen molar-refractivity contribution in [2.45, 2.75) is 18.9 Å². The predicted molar refractivity (Wildman–Crippen MR) is 91.3 cm³/mol. The monoisotopic (exact) mass is 337 g/mol. The van der Waals surface area contributed by atoms with Crippen LogP contribution in [-0.2, 0) is 0 Å². The Balaban J connectivity index is 1.94. The fourth-order valence-corrected chi connectivity index (χ4v) is 3.05. The second-order valence-corrected chi connectivity index (χ2v) is 6.20. The number of aromatic nitrogens is 2. The molecule has 1 fully saturated rings. The van der Waals surface area contributed by atoms with Crippen molar-refractivity contribution in [3.63, 3.8) is 0 Å². The lowest BCUT2D eigenvalue weighted by Gasteiger charge is -2.31. The van der Waals surface area contributed by atoms with Gasteiger partial charge in [0.1, 0.15) is 11.5 Å². The second-order valence-electron chi connectivity index (χ2n) is 5.41. The summed E-state index contributed by atoms with van der Waals surface area (Å²) in [5.41, 5.74) is 13.3. The van der Waals surface area contributed by atoms with Gasteiger partial charge in [0, 0.05) is 24.7 Å². The minimum atomic E-state index is 0.166. The summed E-state index contributed by atoms with van der Waals surface area (Å²) >= 11 is 12.3. The molecule has 2 aromatic rings. The predicted octanol–water partition coefficient (Wildman–Crippen LogP) is 2.96. The maximum Gasteiger partial charge on any atom is 0.152 e. The van der Waals surface area contributed by atoms with Gasteiger partial charge in [-0.15, -0.1) is 0 Å². The number of halogens is 2. The number of benzene rings is 1. The number of nitrogens with zero attached hydrogens (tertiary/aromatic N) is 3. The summed E-state index contributed by atoms with van der Waals surface area (Å²) in [7, 11) is 0. The van der Waals surface area contributed by atoms with E-state index in [-0.39, 0.29) is 6.04 Å². The molecular weight excluding hydrogens is 321 g/mol. The van der Waals surface area contributed by atoms with Crippen LogP contribution in [0.25, 0.3) is 11.3 Å². The van der Waals surface area contributed by atoms with Gasteiger partial charge in [-0.25, -0.2) is 9.97 Å². The Hall–Kier alpha value is -1.56. The third-order valence-corrected chi connectivity index (χ3v) is 4.59. The molecule has 116 valence electrons. The molecule has 0 saturated carbocycles. The Morgan fingerprint density at radius 3 is 2.82 bits per heavy atom. The van der Waals surface area contributed by atoms with Gasteiger partial charge < -0.3 is 16.4 Å². The van der Waals surface area contributed by atoms with Crippen molar-refractivity contribution < 1.29 is 0 Å². The molecule has 3 rings (SSSR count). The molecule has 1 aliphatic rings. The van der Waals surface area contributed by atoms with Crippen molar-refractivity contribution in [1.82, 2.24) is 9.97 Å². The van der Waals surface area contributed by atoms with Gasteiger partial charge in [-0.05, 0) is 18.9 Å². The first-order chi connectivity index (χ1) is 10.6. The van der Waals surface area contributed by atoms with Crippen molar-refractivity contribution in [3.05, 3.63) is 34.4 Å². The van der Waals surface area contributed by atoms with Gasteiger partial charge in [-0.1, -0.05) is 35.3 Å². The summed E-state index contributed by atoms with van der Waals surface area (Å²) in [6.07, 6.45) is 3.79. The Morgan fingerprint density at radius 1 is 1.27 bits per heavy atom. The van der Waals surface area contributed by atoms with E-state index >= 15 is 0 Å². The number of rotatable bonds is 2. The van der Waals surface area contributed by atoms with Crippen LogP contribution in [0.4, 0.5) is 11.6 Å². The average molecular weight is 338 g/mol. The van der Waals surface area contributed by atoms with E-state index in [4.69, 9.17) is 34.7 Å². The zero-order valence-electron chi connectivity index (χ0n) is 12.0. The van der Waals surface area contributed by atoms with Crippen LogP contribution in [0.1, 0.15) is 12.8 Å². The van der Waals surface area contributed by atoms with Gasteiger partial charge >= 0.3 is 0 Å². The van der Waals surface area contributed by atoms with Crippen molar-refractivity contribution in [3.8, 4) is 11.3 Å². The van der Waals surface area contributed by atoms with Crippen LogP contribution < -0.4 is 16.4 Å². The maximum absolute atomic E-state index is 6.23. The minimum Gasteiger partial charge on any atom is -0.382 e. The Labute approximate surface area is 139 Å². The molecule has 2 heterocycles. The largest absolute Gasteiger partial charge is 0.382 e. The van der Waals surface area contributed by atoms with Gasteiger partial charge in [-0.2, -0.15) is 0 Å². The van der Waals surface area contributed by atoms with E-state index in [0.717, 1.165) is 31.7 Å². The van der Waals surface area contributed by atoms with E-state index in [1.54, 1.807) is 12.3 Å². The standard InChI is InChI=1S/C15H17Cl2N5/c16-11-5-1-4-10(13(11)17)14-15(19)21-12(7-20-14)22-6-2-3-9(18)8-22/h1,4-5,7,9H,2-3,6,8,18H2,(H2,19,21). The zero-order chi connectivity index (χ0) is 15.7. The Morgan fingerprint density at radius 2 is 2.09 bits per heavy atom. The second kappa shape index (κ2) is 6.28. The molecule has 4 N–H and O–H groups in total. The van der Waals surface area contributed by atoms with Gasteiger partial charge in [0.05, 0.1) is 16.2 Å². The van der Waals surface area contributed by atoms with Crippen LogP contribution in [0.5, 0.6) is 0 Å². The first-order valence-electron chi connectivity index (χ1n) is 7.13. The molecule has 0 aliphatic carbocycles. The van der Waals surface area contributed by atoms with Gasteiger partial charge in [0.25, 0.3) is 0 Å². The molecular formula is C15H17Cl2N5. The molecule has 1 aromatic heterocycles. The number of piperidine rings is 1. The van der Waals surface area contributed by atoms with E-state index in [9.17, 15) is 0 Å². The highest BCUT2D eigenvalue weighted by molar-refractivity contribution is 6.43. The molecule has 22 heavy (non-hydrogen) atoms. The van der Waals surface area contributed by atoms with Crippen LogP contribution >= 0.6 is 23.2 Å². The summed E-state index contributed by atoms with van der Waals surface area (Å²) in [4.78, 5) is 11.0. The van der Waals surface area contributed by atoms with Gasteiger partial charge in [0.15, 0.2) is 5.82 Å². The maximum atomic E-state index is 6.23. The van der Waals surface area contributed by atoms with Crippen LogP contribution in [0.3, 0.4) is 0 Å². The molecule has 0 amide bonds. The van der Waals surface area contributed by atoms with Crippen molar-refractivity contribution in [1.29, 1.82) is 0 Å². The quantitative estimate of drug-likeness (QED) is 0.880. The molecule has 1 unspecified atom stereocenters. The number of nitrogen functional groups attached to an aromatic ring is 1. The zero-order valence-corrected chi connectivity index (χ0v) is 13.5. The fourth-order valence-electron chi connectivity index (χ4n) is 2.66. The molecule has 0 spiro atoms. The minimum absolute atomic E-state index is 0.166. The van der Waals surface area contributed by atoms with Gasteiger partial charge in [-0.3, -0.25) is 0 Å². The van der Waals surface area contributed by atoms with Crippen LogP contribution in [0.2, 0.25) is 10.0 Å². The van der Waals surface area contributed by atoms with Gasteiger partial charge in [0.2, 0.25) is 0 Å². The van der Waals surface area contributed by atoms with E-state index in [2.05, 4.69) is 14.9 Å². The number of hydrogen-bond acceptors (Lipinski definition) is 5. The molecule has 1 atom stereocenters. The number of hydrogen-bond donors (Lipinski definition) is 2. The normalized spacial score (nSPS) is 18.5. The smallest absolute Gasteiger partial charge is 0.152 e. The van der Waals surface area contributed by atoms with Crippen LogP contribution in [0.15, 0.2) is 24.4 Å². The lowest BCUT2D eigenvalue weighted by Crippen LogP contribution is -2.43. The topological polar surface area (TPSA) is 81.1 Å². The summed E-state index contributed by atoms with van der Waals surface area (Å²) in [5, 5.41) is 0.893. The number of anilines is 2. The molecule has 7 heteroatoms. The lowest BCUT2D eigenvalue weighted by atomic mass is 10.1. The molecule has 1 aromatic carbocycles. The lowest BCUT2D eigenvalue weighted by molar-refractivity contribution is 0.503. The molecule has 1 aliphatic heterocycles. The highest BCUT2D eigenvalue weighted by atomic mass is 35.5. The van der Waals surface area contributed by atoms with Crippen molar-refractivity contribution >= 4 is 34.8 Å². The van der Waals surface area contributed by atoms with E-state index in [1.165, 1.54) is 0 Å². The average Bonchev–Trinajstić information content (AvgIpc) is 2.50. The Kier molecular flexibility index (Phi) is 4.38. The summed E-state index contributed by atoms with van der Waals surface area (Å²) in [6, 6.07) is 5.52. The van der Waals surface area contributed by atoms with Crippen molar-refractivity contribution in [2.75, 3.05) is 23.7 Å². The number of nitrogens with two attached hydrogens (primary N) is 2. The SMILES string of the molecule is Nc1nc(N2CCCC(N)C2)cnc1-c1cccc(Cl)c1Cl. The first kappa shape index (κ1) is 15.3. The van der Waals surface area contributed by atoms with Crippen molar-refractivity contribution in [2.24, 2.45) is 5.73 Å². The molecule has 5 nitrogen and oxygen atoms in total. The first-order valence-corrected chi connectivity index (χ1v) is 7.89. The summed E-state index contributed by atoms with van der Waals surface area (Å²) < 4.78 is 0.